The minimum Gasteiger partial charge on any atom is -0.378 e. The lowest BCUT2D eigenvalue weighted by Gasteiger charge is -2.21. The van der Waals surface area contributed by atoms with E-state index in [0.717, 1.165) is 6.54 Å². The van der Waals surface area contributed by atoms with Gasteiger partial charge in [0.05, 0.1) is 4.92 Å². The Bertz CT molecular complexity index is 435. The molecule has 1 saturated heterocycles. The molecule has 2 heterocycles. The van der Waals surface area contributed by atoms with Gasteiger partial charge in [-0.05, 0) is 24.7 Å². The summed E-state index contributed by atoms with van der Waals surface area (Å²) in [4.78, 5) is 14.1. The van der Waals surface area contributed by atoms with Crippen molar-refractivity contribution in [3.05, 3.63) is 22.2 Å². The van der Waals surface area contributed by atoms with E-state index < -0.39 is 4.92 Å². The minimum atomic E-state index is -0.525. The molecule has 1 aromatic heterocycles. The molecule has 3 N–H and O–H groups in total. The number of rotatable bonds is 4. The van der Waals surface area contributed by atoms with E-state index in [9.17, 15) is 10.1 Å². The summed E-state index contributed by atoms with van der Waals surface area (Å²) in [6.07, 6.45) is 3.78. The zero-order chi connectivity index (χ0) is 13.0. The second kappa shape index (κ2) is 5.90. The molecule has 1 atom stereocenters. The zero-order valence-electron chi connectivity index (χ0n) is 9.96. The van der Waals surface area contributed by atoms with Crippen LogP contribution in [0.3, 0.4) is 0 Å². The Hall–Kier alpha value is -1.50. The number of pyridine rings is 1. The first-order valence-corrected chi connectivity index (χ1v) is 6.98. The van der Waals surface area contributed by atoms with Crippen LogP contribution in [0.2, 0.25) is 0 Å². The van der Waals surface area contributed by atoms with E-state index in [1.54, 1.807) is 6.07 Å². The first-order valence-electron chi connectivity index (χ1n) is 5.93. The molecule has 1 aromatic rings. The second-order valence-corrected chi connectivity index (χ2v) is 5.64. The molecule has 0 spiro atoms. The maximum Gasteiger partial charge on any atom is 0.311 e. The Kier molecular flexibility index (Phi) is 4.24. The van der Waals surface area contributed by atoms with Gasteiger partial charge in [-0.2, -0.15) is 11.8 Å². The predicted octanol–water partition coefficient (Wildman–Crippen LogP) is 2.27. The highest BCUT2D eigenvalue weighted by Crippen LogP contribution is 2.26. The number of hydrogen-bond donors (Lipinski definition) is 2. The van der Waals surface area contributed by atoms with E-state index in [-0.39, 0.29) is 11.5 Å². The second-order valence-electron chi connectivity index (χ2n) is 4.23. The third kappa shape index (κ3) is 3.25. The third-order valence-corrected chi connectivity index (χ3v) is 4.28. The van der Waals surface area contributed by atoms with Crippen molar-refractivity contribution in [3.63, 3.8) is 0 Å². The molecule has 0 radical (unpaired) electrons. The van der Waals surface area contributed by atoms with Crippen LogP contribution in [0.5, 0.6) is 0 Å². The van der Waals surface area contributed by atoms with E-state index in [4.69, 9.17) is 5.73 Å². The van der Waals surface area contributed by atoms with Crippen molar-refractivity contribution >= 4 is 29.1 Å². The summed E-state index contributed by atoms with van der Waals surface area (Å²) in [5, 5.41) is 14.4. The Balaban J connectivity index is 1.93. The highest BCUT2D eigenvalue weighted by atomic mass is 32.2. The normalized spacial score (nSPS) is 19.4. The predicted molar refractivity (Wildman–Crippen MR) is 73.9 cm³/mol. The number of aromatic nitrogens is 1. The van der Waals surface area contributed by atoms with Gasteiger partial charge in [-0.1, -0.05) is 6.42 Å². The SMILES string of the molecule is Nc1nc(NCC2CCCCS2)ccc1[N+](=O)[O-]. The molecule has 2 rings (SSSR count). The number of nitrogens with one attached hydrogen (secondary N) is 1. The van der Waals surface area contributed by atoms with Gasteiger partial charge >= 0.3 is 5.69 Å². The third-order valence-electron chi connectivity index (χ3n) is 2.88. The van der Waals surface area contributed by atoms with E-state index in [1.165, 1.54) is 31.1 Å². The van der Waals surface area contributed by atoms with Gasteiger partial charge in [-0.25, -0.2) is 4.98 Å². The quantitative estimate of drug-likeness (QED) is 0.642. The van der Waals surface area contributed by atoms with Gasteiger partial charge in [0.15, 0.2) is 0 Å². The van der Waals surface area contributed by atoms with Crippen LogP contribution >= 0.6 is 11.8 Å². The molecular weight excluding hydrogens is 252 g/mol. The lowest BCUT2D eigenvalue weighted by atomic mass is 10.2. The first kappa shape index (κ1) is 12.9. The number of thioether (sulfide) groups is 1. The summed E-state index contributed by atoms with van der Waals surface area (Å²) in [7, 11) is 0. The number of hydrogen-bond acceptors (Lipinski definition) is 6. The van der Waals surface area contributed by atoms with Gasteiger partial charge in [0, 0.05) is 17.9 Å². The van der Waals surface area contributed by atoms with Crippen LogP contribution < -0.4 is 11.1 Å². The fourth-order valence-corrected chi connectivity index (χ4v) is 3.15. The number of nitrogens with zero attached hydrogens (tertiary/aromatic N) is 2. The molecule has 0 bridgehead atoms. The van der Waals surface area contributed by atoms with E-state index in [2.05, 4.69) is 10.3 Å². The molecule has 0 aromatic carbocycles. The molecule has 0 aliphatic carbocycles. The minimum absolute atomic E-state index is 0.0405. The maximum absolute atomic E-state index is 10.6. The van der Waals surface area contributed by atoms with Crippen LogP contribution in [0.4, 0.5) is 17.3 Å². The van der Waals surface area contributed by atoms with E-state index in [0.29, 0.717) is 11.1 Å². The average molecular weight is 268 g/mol. The van der Waals surface area contributed by atoms with Crippen molar-refractivity contribution in [3.8, 4) is 0 Å². The summed E-state index contributed by atoms with van der Waals surface area (Å²) in [6, 6.07) is 2.99. The molecule has 0 saturated carbocycles. The van der Waals surface area contributed by atoms with Crippen LogP contribution in [0.15, 0.2) is 12.1 Å². The Labute approximate surface area is 110 Å². The molecule has 7 heteroatoms. The lowest BCUT2D eigenvalue weighted by Crippen LogP contribution is -2.20. The Morgan fingerprint density at radius 1 is 1.56 bits per heavy atom. The van der Waals surface area contributed by atoms with Crippen molar-refractivity contribution < 1.29 is 4.92 Å². The van der Waals surface area contributed by atoms with Gasteiger partial charge in [0.2, 0.25) is 5.82 Å². The van der Waals surface area contributed by atoms with E-state index >= 15 is 0 Å². The van der Waals surface area contributed by atoms with Crippen LogP contribution in [0.1, 0.15) is 19.3 Å². The summed E-state index contributed by atoms with van der Waals surface area (Å²) in [6.45, 7) is 0.828. The summed E-state index contributed by atoms with van der Waals surface area (Å²) in [5.41, 5.74) is 5.39. The lowest BCUT2D eigenvalue weighted by molar-refractivity contribution is -0.384. The standard InChI is InChI=1S/C11H16N4O2S/c12-11-9(15(16)17)4-5-10(14-11)13-7-8-3-1-2-6-18-8/h4-5,8H,1-3,6-7H2,(H3,12,13,14). The Morgan fingerprint density at radius 2 is 2.39 bits per heavy atom. The molecule has 1 fully saturated rings. The number of nitrogens with two attached hydrogens (primary N) is 1. The molecule has 18 heavy (non-hydrogen) atoms. The molecule has 98 valence electrons. The fourth-order valence-electron chi connectivity index (χ4n) is 1.91. The van der Waals surface area contributed by atoms with Crippen molar-refractivity contribution in [2.24, 2.45) is 0 Å². The van der Waals surface area contributed by atoms with Gasteiger partial charge in [0.1, 0.15) is 5.82 Å². The number of anilines is 2. The fraction of sp³-hybridized carbons (Fsp3) is 0.545. The molecular formula is C11H16N4O2S. The largest absolute Gasteiger partial charge is 0.378 e. The first-order chi connectivity index (χ1) is 8.66. The highest BCUT2D eigenvalue weighted by Gasteiger charge is 2.15. The highest BCUT2D eigenvalue weighted by molar-refractivity contribution is 7.99. The monoisotopic (exact) mass is 268 g/mol. The van der Waals surface area contributed by atoms with Gasteiger partial charge in [0.25, 0.3) is 0 Å². The van der Waals surface area contributed by atoms with Crippen molar-refractivity contribution in [2.75, 3.05) is 23.3 Å². The van der Waals surface area contributed by atoms with Crippen LogP contribution in [-0.2, 0) is 0 Å². The average Bonchev–Trinajstić information content (AvgIpc) is 2.37. The Morgan fingerprint density at radius 3 is 3.00 bits per heavy atom. The molecule has 0 amide bonds. The van der Waals surface area contributed by atoms with Crippen LogP contribution in [0.25, 0.3) is 0 Å². The van der Waals surface area contributed by atoms with Gasteiger partial charge in [-0.3, -0.25) is 10.1 Å². The van der Waals surface area contributed by atoms with Crippen molar-refractivity contribution in [2.45, 2.75) is 24.5 Å². The van der Waals surface area contributed by atoms with Gasteiger partial charge in [-0.15, -0.1) is 0 Å². The summed E-state index contributed by atoms with van der Waals surface area (Å²) >= 11 is 1.96. The van der Waals surface area contributed by atoms with Crippen molar-refractivity contribution in [1.29, 1.82) is 0 Å². The summed E-state index contributed by atoms with van der Waals surface area (Å²) in [5.74, 6) is 1.77. The molecule has 1 aliphatic heterocycles. The molecule has 1 aliphatic rings. The zero-order valence-corrected chi connectivity index (χ0v) is 10.8. The summed E-state index contributed by atoms with van der Waals surface area (Å²) < 4.78 is 0. The number of nitro groups is 1. The maximum atomic E-state index is 10.6. The number of nitrogen functional groups attached to an aromatic ring is 1. The van der Waals surface area contributed by atoms with Gasteiger partial charge < -0.3 is 11.1 Å². The van der Waals surface area contributed by atoms with Crippen molar-refractivity contribution in [1.82, 2.24) is 4.98 Å². The van der Waals surface area contributed by atoms with E-state index in [1.807, 2.05) is 11.8 Å². The topological polar surface area (TPSA) is 94.1 Å². The molecule has 6 nitrogen and oxygen atoms in total. The van der Waals surface area contributed by atoms with Crippen LogP contribution in [-0.4, -0.2) is 27.5 Å². The smallest absolute Gasteiger partial charge is 0.311 e. The molecule has 1 unspecified atom stereocenters. The van der Waals surface area contributed by atoms with Crippen LogP contribution in [0, 0.1) is 10.1 Å².